The molecule has 0 bridgehead atoms. The Morgan fingerprint density at radius 2 is 2.00 bits per heavy atom. The van der Waals surface area contributed by atoms with E-state index in [2.05, 4.69) is 0 Å². The first-order valence-electron chi connectivity index (χ1n) is 5.41. The minimum absolute atomic E-state index is 0.0577. The Hall–Kier alpha value is -1.36. The van der Waals surface area contributed by atoms with Crippen LogP contribution in [0.5, 0.6) is 5.75 Å². The van der Waals surface area contributed by atoms with E-state index in [9.17, 15) is 13.2 Å². The fourth-order valence-electron chi connectivity index (χ4n) is 1.80. The fourth-order valence-corrected chi connectivity index (χ4v) is 2.97. The summed E-state index contributed by atoms with van der Waals surface area (Å²) in [7, 11) is -2.88. The molecule has 2 rings (SSSR count). The number of ketones is 1. The number of hydrogen-bond acceptors (Lipinski definition) is 4. The number of ether oxygens (including phenoxy) is 1. The molecule has 0 saturated carbocycles. The summed E-state index contributed by atoms with van der Waals surface area (Å²) in [6.07, 6.45) is 0.0449. The molecule has 0 amide bonds. The zero-order valence-electron chi connectivity index (χ0n) is 9.55. The molecule has 0 N–H and O–H groups in total. The van der Waals surface area contributed by atoms with Crippen LogP contribution in [0, 0.1) is 0 Å². The maximum atomic E-state index is 11.1. The average molecular weight is 254 g/mol. The van der Waals surface area contributed by atoms with Crippen LogP contribution in [0.15, 0.2) is 24.3 Å². The molecule has 0 atom stereocenters. The highest BCUT2D eigenvalue weighted by Gasteiger charge is 2.35. The quantitative estimate of drug-likeness (QED) is 0.804. The summed E-state index contributed by atoms with van der Waals surface area (Å²) in [4.78, 5) is 11.1. The Kier molecular flexibility index (Phi) is 3.19. The van der Waals surface area contributed by atoms with Crippen molar-refractivity contribution >= 4 is 15.6 Å². The Labute approximate surface area is 101 Å². The molecular weight excluding hydrogens is 240 g/mol. The number of para-hydroxylation sites is 1. The SMILES string of the molecule is CC(=O)Cc1ccccc1OC1CS(=O)(=O)C1. The number of carbonyl (C=O) groups excluding carboxylic acids is 1. The first kappa shape index (κ1) is 12.1. The van der Waals surface area contributed by atoms with Crippen LogP contribution < -0.4 is 4.74 Å². The predicted octanol–water partition coefficient (Wildman–Crippen LogP) is 0.994. The van der Waals surface area contributed by atoms with Crippen molar-refractivity contribution in [2.24, 2.45) is 0 Å². The number of carbonyl (C=O) groups is 1. The van der Waals surface area contributed by atoms with E-state index in [1.54, 1.807) is 6.07 Å². The lowest BCUT2D eigenvalue weighted by molar-refractivity contribution is -0.116. The molecule has 0 unspecified atom stereocenters. The van der Waals surface area contributed by atoms with Gasteiger partial charge in [0.05, 0.1) is 11.5 Å². The van der Waals surface area contributed by atoms with Gasteiger partial charge in [0.25, 0.3) is 0 Å². The third kappa shape index (κ3) is 3.06. The molecular formula is C12H14O4S. The lowest BCUT2D eigenvalue weighted by Gasteiger charge is -2.27. The zero-order chi connectivity index (χ0) is 12.5. The van der Waals surface area contributed by atoms with Gasteiger partial charge < -0.3 is 4.74 Å². The molecule has 0 radical (unpaired) electrons. The van der Waals surface area contributed by atoms with Crippen molar-refractivity contribution < 1.29 is 17.9 Å². The second kappa shape index (κ2) is 4.49. The summed E-state index contributed by atoms with van der Waals surface area (Å²) < 4.78 is 27.6. The Morgan fingerprint density at radius 1 is 1.35 bits per heavy atom. The van der Waals surface area contributed by atoms with E-state index < -0.39 is 9.84 Å². The van der Waals surface area contributed by atoms with Gasteiger partial charge in [0.1, 0.15) is 17.6 Å². The van der Waals surface area contributed by atoms with Crippen LogP contribution in [0.4, 0.5) is 0 Å². The molecule has 1 aliphatic heterocycles. The average Bonchev–Trinajstić information content (AvgIpc) is 2.17. The smallest absolute Gasteiger partial charge is 0.157 e. The molecule has 0 aliphatic carbocycles. The number of rotatable bonds is 4. The van der Waals surface area contributed by atoms with Crippen molar-refractivity contribution in [3.05, 3.63) is 29.8 Å². The van der Waals surface area contributed by atoms with Crippen LogP contribution in [0.25, 0.3) is 0 Å². The van der Waals surface area contributed by atoms with Crippen molar-refractivity contribution in [2.45, 2.75) is 19.4 Å². The summed E-state index contributed by atoms with van der Waals surface area (Å²) in [5, 5.41) is 0. The Bertz CT molecular complexity index is 521. The monoisotopic (exact) mass is 254 g/mol. The normalized spacial score (nSPS) is 18.4. The number of Topliss-reactive ketones (excluding diaryl/α,β-unsaturated/α-hetero) is 1. The summed E-state index contributed by atoms with van der Waals surface area (Å²) in [6, 6.07) is 7.24. The molecule has 1 fully saturated rings. The van der Waals surface area contributed by atoms with E-state index >= 15 is 0 Å². The summed E-state index contributed by atoms with van der Waals surface area (Å²) in [5.41, 5.74) is 0.810. The predicted molar refractivity (Wildman–Crippen MR) is 63.9 cm³/mol. The molecule has 17 heavy (non-hydrogen) atoms. The van der Waals surface area contributed by atoms with Crippen LogP contribution in [-0.2, 0) is 21.1 Å². The van der Waals surface area contributed by atoms with Gasteiger partial charge in [0.15, 0.2) is 9.84 Å². The molecule has 1 saturated heterocycles. The summed E-state index contributed by atoms with van der Waals surface area (Å²) >= 11 is 0. The van der Waals surface area contributed by atoms with E-state index in [1.165, 1.54) is 6.92 Å². The standard InChI is InChI=1S/C12H14O4S/c1-9(13)6-10-4-2-3-5-12(10)16-11-7-17(14,15)8-11/h2-5,11H,6-8H2,1H3. The maximum Gasteiger partial charge on any atom is 0.157 e. The number of benzene rings is 1. The van der Waals surface area contributed by atoms with Gasteiger partial charge in [-0.25, -0.2) is 8.42 Å². The topological polar surface area (TPSA) is 60.4 Å². The van der Waals surface area contributed by atoms with Crippen LogP contribution in [-0.4, -0.2) is 31.8 Å². The Morgan fingerprint density at radius 3 is 2.59 bits per heavy atom. The lowest BCUT2D eigenvalue weighted by Crippen LogP contribution is -2.45. The second-order valence-electron chi connectivity index (χ2n) is 4.30. The van der Waals surface area contributed by atoms with E-state index in [4.69, 9.17) is 4.74 Å². The maximum absolute atomic E-state index is 11.1. The molecule has 1 aromatic rings. The third-order valence-corrected chi connectivity index (χ3v) is 4.34. The molecule has 0 spiro atoms. The minimum atomic E-state index is -2.88. The van der Waals surface area contributed by atoms with E-state index in [0.717, 1.165) is 5.56 Å². The molecule has 4 nitrogen and oxygen atoms in total. The van der Waals surface area contributed by atoms with Crippen LogP contribution in [0.1, 0.15) is 12.5 Å². The summed E-state index contributed by atoms with van der Waals surface area (Å²) in [6.45, 7) is 1.52. The molecule has 0 aromatic heterocycles. The second-order valence-corrected chi connectivity index (χ2v) is 6.46. The Balaban J connectivity index is 2.08. The van der Waals surface area contributed by atoms with Crippen molar-refractivity contribution in [1.29, 1.82) is 0 Å². The molecule has 1 heterocycles. The van der Waals surface area contributed by atoms with Gasteiger partial charge >= 0.3 is 0 Å². The minimum Gasteiger partial charge on any atom is -0.488 e. The number of hydrogen-bond donors (Lipinski definition) is 0. The highest BCUT2D eigenvalue weighted by Crippen LogP contribution is 2.24. The third-order valence-electron chi connectivity index (χ3n) is 2.59. The van der Waals surface area contributed by atoms with Crippen LogP contribution in [0.3, 0.4) is 0 Å². The van der Waals surface area contributed by atoms with E-state index in [-0.39, 0.29) is 23.4 Å². The van der Waals surface area contributed by atoms with Gasteiger partial charge in [-0.05, 0) is 13.0 Å². The van der Waals surface area contributed by atoms with E-state index in [1.807, 2.05) is 18.2 Å². The van der Waals surface area contributed by atoms with Gasteiger partial charge in [-0.15, -0.1) is 0 Å². The molecule has 92 valence electrons. The fraction of sp³-hybridized carbons (Fsp3) is 0.417. The first-order valence-corrected chi connectivity index (χ1v) is 7.23. The highest BCUT2D eigenvalue weighted by molar-refractivity contribution is 7.92. The van der Waals surface area contributed by atoms with Crippen molar-refractivity contribution in [3.63, 3.8) is 0 Å². The van der Waals surface area contributed by atoms with Crippen LogP contribution in [0.2, 0.25) is 0 Å². The molecule has 1 aliphatic rings. The largest absolute Gasteiger partial charge is 0.488 e. The van der Waals surface area contributed by atoms with Crippen molar-refractivity contribution in [2.75, 3.05) is 11.5 Å². The van der Waals surface area contributed by atoms with E-state index in [0.29, 0.717) is 12.2 Å². The molecule has 1 aromatic carbocycles. The lowest BCUT2D eigenvalue weighted by atomic mass is 10.1. The zero-order valence-corrected chi connectivity index (χ0v) is 10.4. The first-order chi connectivity index (χ1) is 7.96. The molecule has 5 heteroatoms. The van der Waals surface area contributed by atoms with Gasteiger partial charge in [-0.3, -0.25) is 4.79 Å². The van der Waals surface area contributed by atoms with Gasteiger partial charge in [0.2, 0.25) is 0 Å². The number of sulfone groups is 1. The van der Waals surface area contributed by atoms with Gasteiger partial charge in [-0.1, -0.05) is 18.2 Å². The van der Waals surface area contributed by atoms with Gasteiger partial charge in [0, 0.05) is 12.0 Å². The highest BCUT2D eigenvalue weighted by atomic mass is 32.2. The van der Waals surface area contributed by atoms with Gasteiger partial charge in [-0.2, -0.15) is 0 Å². The van der Waals surface area contributed by atoms with Crippen molar-refractivity contribution in [1.82, 2.24) is 0 Å². The summed E-state index contributed by atoms with van der Waals surface area (Å²) in [5.74, 6) is 0.813. The van der Waals surface area contributed by atoms with Crippen molar-refractivity contribution in [3.8, 4) is 5.75 Å². The van der Waals surface area contributed by atoms with Crippen LogP contribution >= 0.6 is 0 Å².